The van der Waals surface area contributed by atoms with Gasteiger partial charge in [-0.25, -0.2) is 4.79 Å². The highest BCUT2D eigenvalue weighted by atomic mass is 16.2. The molecule has 0 radical (unpaired) electrons. The van der Waals surface area contributed by atoms with E-state index in [0.717, 1.165) is 38.8 Å². The fourth-order valence-corrected chi connectivity index (χ4v) is 7.27. The second-order valence-electron chi connectivity index (χ2n) is 11.3. The highest BCUT2D eigenvalue weighted by Crippen LogP contribution is 2.55. The van der Waals surface area contributed by atoms with Crippen LogP contribution in [-0.4, -0.2) is 54.5 Å². The van der Waals surface area contributed by atoms with Gasteiger partial charge in [0.05, 0.1) is 0 Å². The predicted octanol–water partition coefficient (Wildman–Crippen LogP) is 4.96. The summed E-state index contributed by atoms with van der Waals surface area (Å²) in [6.07, 6.45) is 5.00. The van der Waals surface area contributed by atoms with Crippen LogP contribution in [0.3, 0.4) is 0 Å². The third kappa shape index (κ3) is 4.13. The minimum Gasteiger partial charge on any atom is -0.342 e. The Balaban J connectivity index is 1.06. The van der Waals surface area contributed by atoms with E-state index in [1.165, 1.54) is 28.7 Å². The molecule has 5 heteroatoms. The maximum atomic E-state index is 13.1. The number of likely N-dealkylation sites (tertiary alicyclic amines) is 2. The first kappa shape index (κ1) is 22.6. The second-order valence-corrected chi connectivity index (χ2v) is 11.3. The monoisotopic (exact) mass is 471 g/mol. The van der Waals surface area contributed by atoms with Crippen molar-refractivity contribution >= 4 is 11.9 Å². The number of urea groups is 1. The van der Waals surface area contributed by atoms with Crippen molar-refractivity contribution in [3.8, 4) is 0 Å². The van der Waals surface area contributed by atoms with Gasteiger partial charge in [0.2, 0.25) is 5.91 Å². The first-order valence-corrected chi connectivity index (χ1v) is 13.6. The van der Waals surface area contributed by atoms with Crippen LogP contribution in [0.2, 0.25) is 0 Å². The molecule has 5 nitrogen and oxygen atoms in total. The van der Waals surface area contributed by atoms with Crippen LogP contribution in [0.4, 0.5) is 4.79 Å². The lowest BCUT2D eigenvalue weighted by atomic mass is 9.59. The van der Waals surface area contributed by atoms with Crippen molar-refractivity contribution in [3.63, 3.8) is 0 Å². The fraction of sp³-hybridized carbons (Fsp3) is 0.533. The van der Waals surface area contributed by atoms with Gasteiger partial charge in [0, 0.05) is 50.5 Å². The van der Waals surface area contributed by atoms with Gasteiger partial charge in [-0.1, -0.05) is 55.5 Å². The molecule has 0 spiro atoms. The van der Waals surface area contributed by atoms with Crippen molar-refractivity contribution in [2.75, 3.05) is 32.7 Å². The van der Waals surface area contributed by atoms with Gasteiger partial charge in [-0.15, -0.1) is 0 Å². The molecule has 0 aromatic heterocycles. The molecule has 2 aromatic rings. The van der Waals surface area contributed by atoms with Crippen LogP contribution in [-0.2, 0) is 4.79 Å². The molecule has 35 heavy (non-hydrogen) atoms. The van der Waals surface area contributed by atoms with E-state index in [4.69, 9.17) is 0 Å². The average molecular weight is 472 g/mol. The van der Waals surface area contributed by atoms with E-state index in [1.54, 1.807) is 0 Å². The van der Waals surface area contributed by atoms with Crippen molar-refractivity contribution in [3.05, 3.63) is 70.8 Å². The summed E-state index contributed by atoms with van der Waals surface area (Å²) in [7, 11) is 0. The molecule has 2 unspecified atom stereocenters. The number of piperidine rings is 2. The lowest BCUT2D eigenvalue weighted by Gasteiger charge is -2.45. The summed E-state index contributed by atoms with van der Waals surface area (Å²) in [6.45, 7) is 6.09. The van der Waals surface area contributed by atoms with Crippen molar-refractivity contribution in [2.45, 2.75) is 50.9 Å². The lowest BCUT2D eigenvalue weighted by Crippen LogP contribution is -2.50. The quantitative estimate of drug-likeness (QED) is 0.688. The number of carbonyl (C=O) groups excluding carboxylic acids is 2. The molecule has 2 fully saturated rings. The Morgan fingerprint density at radius 1 is 0.857 bits per heavy atom. The van der Waals surface area contributed by atoms with Gasteiger partial charge in [-0.3, -0.25) is 4.79 Å². The molecule has 184 valence electrons. The number of hydrogen-bond acceptors (Lipinski definition) is 2. The Bertz CT molecular complexity index is 1060. The minimum absolute atomic E-state index is 0.0329. The van der Waals surface area contributed by atoms with Crippen molar-refractivity contribution in [2.24, 2.45) is 17.8 Å². The zero-order valence-corrected chi connectivity index (χ0v) is 20.8. The number of rotatable bonds is 3. The number of benzene rings is 2. The standard InChI is InChI=1S/C30H37N3O2/c1-20-7-6-14-33(19-20)29(34)21-12-15-32(16-13-21)30(35)31-18-22-17-27-23-8-2-4-10-25(23)28(22)26-11-5-3-9-24(26)27/h2-5,8-11,20-22,27-28H,6-7,12-19H2,1H3,(H,31,35). The molecule has 2 aromatic carbocycles. The zero-order valence-electron chi connectivity index (χ0n) is 20.8. The van der Waals surface area contributed by atoms with E-state index in [0.29, 0.717) is 49.2 Å². The zero-order chi connectivity index (χ0) is 23.9. The van der Waals surface area contributed by atoms with Gasteiger partial charge in [-0.05, 0) is 66.2 Å². The normalized spacial score (nSPS) is 27.8. The molecule has 3 aliphatic carbocycles. The predicted molar refractivity (Wildman–Crippen MR) is 137 cm³/mol. The van der Waals surface area contributed by atoms with Gasteiger partial charge in [-0.2, -0.15) is 0 Å². The minimum atomic E-state index is 0.0329. The topological polar surface area (TPSA) is 52.7 Å². The first-order valence-electron chi connectivity index (χ1n) is 13.6. The van der Waals surface area contributed by atoms with E-state index in [-0.39, 0.29) is 11.9 Å². The summed E-state index contributed by atoms with van der Waals surface area (Å²) in [5.74, 6) is 2.18. The molecule has 2 heterocycles. The Morgan fingerprint density at radius 3 is 2.11 bits per heavy atom. The van der Waals surface area contributed by atoms with Crippen LogP contribution in [0.25, 0.3) is 0 Å². The lowest BCUT2D eigenvalue weighted by molar-refractivity contribution is -0.138. The van der Waals surface area contributed by atoms with Crippen LogP contribution in [0.1, 0.15) is 73.1 Å². The van der Waals surface area contributed by atoms with Gasteiger partial charge < -0.3 is 15.1 Å². The number of nitrogens with one attached hydrogen (secondary N) is 1. The summed E-state index contributed by atoms with van der Waals surface area (Å²) in [5.41, 5.74) is 5.81. The summed E-state index contributed by atoms with van der Waals surface area (Å²) in [4.78, 5) is 30.1. The number of fused-ring (bicyclic) bond motifs is 1. The molecule has 0 saturated carbocycles. The summed E-state index contributed by atoms with van der Waals surface area (Å²) < 4.78 is 0. The van der Waals surface area contributed by atoms with Gasteiger partial charge >= 0.3 is 6.03 Å². The third-order valence-corrected chi connectivity index (χ3v) is 9.04. The second kappa shape index (κ2) is 9.33. The van der Waals surface area contributed by atoms with E-state index in [2.05, 4.69) is 65.7 Å². The number of nitrogens with zero attached hydrogens (tertiary/aromatic N) is 2. The highest BCUT2D eigenvalue weighted by molar-refractivity contribution is 5.80. The maximum absolute atomic E-state index is 13.1. The average Bonchev–Trinajstić information content (AvgIpc) is 2.91. The molecule has 2 atom stereocenters. The smallest absolute Gasteiger partial charge is 0.317 e. The van der Waals surface area contributed by atoms with E-state index in [9.17, 15) is 9.59 Å². The van der Waals surface area contributed by atoms with Crippen molar-refractivity contribution in [1.82, 2.24) is 15.1 Å². The SMILES string of the molecule is CC1CCCN(C(=O)C2CCN(C(=O)NCC3CC4c5ccccc5C3c3ccccc34)CC2)C1. The van der Waals surface area contributed by atoms with Crippen LogP contribution in [0, 0.1) is 17.8 Å². The summed E-state index contributed by atoms with van der Waals surface area (Å²) in [6, 6.07) is 17.8. The van der Waals surface area contributed by atoms with E-state index in [1.807, 2.05) is 4.90 Å². The molecular formula is C30H37N3O2. The molecule has 5 aliphatic rings. The Morgan fingerprint density at radius 2 is 1.49 bits per heavy atom. The van der Waals surface area contributed by atoms with E-state index < -0.39 is 0 Å². The third-order valence-electron chi connectivity index (χ3n) is 9.04. The number of carbonyl (C=O) groups is 2. The summed E-state index contributed by atoms with van der Waals surface area (Å²) >= 11 is 0. The molecule has 7 rings (SSSR count). The molecule has 1 N–H and O–H groups in total. The Hall–Kier alpha value is -2.82. The largest absolute Gasteiger partial charge is 0.342 e. The molecule has 3 amide bonds. The highest BCUT2D eigenvalue weighted by Gasteiger charge is 2.43. The molecule has 2 aliphatic heterocycles. The molecular weight excluding hydrogens is 434 g/mol. The van der Waals surface area contributed by atoms with Crippen molar-refractivity contribution < 1.29 is 9.59 Å². The van der Waals surface area contributed by atoms with Crippen LogP contribution in [0.5, 0.6) is 0 Å². The van der Waals surface area contributed by atoms with Crippen LogP contribution >= 0.6 is 0 Å². The Labute approximate surface area is 208 Å². The van der Waals surface area contributed by atoms with Gasteiger partial charge in [0.15, 0.2) is 0 Å². The maximum Gasteiger partial charge on any atom is 0.317 e. The first-order chi connectivity index (χ1) is 17.1. The number of hydrogen-bond donors (Lipinski definition) is 1. The molecule has 2 bridgehead atoms. The van der Waals surface area contributed by atoms with Crippen LogP contribution in [0.15, 0.2) is 48.5 Å². The van der Waals surface area contributed by atoms with Crippen LogP contribution < -0.4 is 5.32 Å². The summed E-state index contributed by atoms with van der Waals surface area (Å²) in [5, 5.41) is 3.27. The fourth-order valence-electron chi connectivity index (χ4n) is 7.27. The van der Waals surface area contributed by atoms with Gasteiger partial charge in [0.25, 0.3) is 0 Å². The Kier molecular flexibility index (Phi) is 6.03. The van der Waals surface area contributed by atoms with E-state index >= 15 is 0 Å². The number of amides is 3. The van der Waals surface area contributed by atoms with Crippen molar-refractivity contribution in [1.29, 1.82) is 0 Å². The van der Waals surface area contributed by atoms with Gasteiger partial charge in [0.1, 0.15) is 0 Å². The molecule has 2 saturated heterocycles.